The second-order valence-corrected chi connectivity index (χ2v) is 7.17. The minimum atomic E-state index is -0.561. The summed E-state index contributed by atoms with van der Waals surface area (Å²) in [6, 6.07) is 6.56. The lowest BCUT2D eigenvalue weighted by molar-refractivity contribution is -0.103. The quantitative estimate of drug-likeness (QED) is 0.493. The number of rotatable bonds is 7. The fourth-order valence-electron chi connectivity index (χ4n) is 3.55. The largest absolute Gasteiger partial charge is 0.376 e. The fraction of sp³-hybridized carbons (Fsp3) is 0.318. The first kappa shape index (κ1) is 20.5. The van der Waals surface area contributed by atoms with Gasteiger partial charge in [-0.3, -0.25) is 14.4 Å². The number of aldehydes is 1. The monoisotopic (exact) mass is 395 g/mol. The van der Waals surface area contributed by atoms with Crippen LogP contribution in [0.4, 0.5) is 0 Å². The summed E-state index contributed by atoms with van der Waals surface area (Å²) >= 11 is 0. The Morgan fingerprint density at radius 2 is 2.07 bits per heavy atom. The minimum absolute atomic E-state index is 0.0667. The van der Waals surface area contributed by atoms with Crippen LogP contribution in [0.2, 0.25) is 0 Å². The van der Waals surface area contributed by atoms with Gasteiger partial charge in [0.25, 0.3) is 5.91 Å². The summed E-state index contributed by atoms with van der Waals surface area (Å²) in [5, 5.41) is 2.93. The molecular weight excluding hydrogens is 370 g/mol. The first-order valence-corrected chi connectivity index (χ1v) is 9.56. The number of benzene rings is 1. The molecule has 1 aromatic carbocycles. The summed E-state index contributed by atoms with van der Waals surface area (Å²) in [5.74, 6) is -0.732. The van der Waals surface area contributed by atoms with Gasteiger partial charge in [0, 0.05) is 35.7 Å². The van der Waals surface area contributed by atoms with Gasteiger partial charge in [0.15, 0.2) is 6.29 Å². The average molecular weight is 395 g/mol. The maximum atomic E-state index is 12.7. The van der Waals surface area contributed by atoms with Gasteiger partial charge in [0.05, 0.1) is 11.7 Å². The molecule has 29 heavy (non-hydrogen) atoms. The van der Waals surface area contributed by atoms with Crippen molar-refractivity contribution < 1.29 is 19.1 Å². The lowest BCUT2D eigenvalue weighted by Crippen LogP contribution is -2.32. The van der Waals surface area contributed by atoms with Crippen molar-refractivity contribution in [3.8, 4) is 0 Å². The van der Waals surface area contributed by atoms with E-state index in [1.807, 2.05) is 13.8 Å². The van der Waals surface area contributed by atoms with Gasteiger partial charge >= 0.3 is 0 Å². The van der Waals surface area contributed by atoms with Crippen LogP contribution in [0.3, 0.4) is 0 Å². The molecule has 7 nitrogen and oxygen atoms in total. The van der Waals surface area contributed by atoms with Gasteiger partial charge < -0.3 is 20.8 Å². The third-order valence-corrected chi connectivity index (χ3v) is 5.12. The lowest BCUT2D eigenvalue weighted by atomic mass is 10.0. The molecule has 2 amide bonds. The van der Waals surface area contributed by atoms with Crippen molar-refractivity contribution in [3.63, 3.8) is 0 Å². The molecule has 1 fully saturated rings. The van der Waals surface area contributed by atoms with Gasteiger partial charge in [0.2, 0.25) is 5.91 Å². The molecule has 1 aliphatic heterocycles. The molecule has 4 N–H and O–H groups in total. The molecule has 0 bridgehead atoms. The summed E-state index contributed by atoms with van der Waals surface area (Å²) < 4.78 is 5.54. The van der Waals surface area contributed by atoms with Gasteiger partial charge in [-0.05, 0) is 56.0 Å². The smallest absolute Gasteiger partial charge is 0.253 e. The van der Waals surface area contributed by atoms with E-state index in [1.54, 1.807) is 30.3 Å². The van der Waals surface area contributed by atoms with Crippen molar-refractivity contribution in [1.82, 2.24) is 10.3 Å². The number of aromatic nitrogens is 1. The van der Waals surface area contributed by atoms with Crippen LogP contribution in [0.1, 0.15) is 56.1 Å². The van der Waals surface area contributed by atoms with Crippen LogP contribution in [-0.2, 0) is 9.53 Å². The first-order valence-electron chi connectivity index (χ1n) is 9.56. The minimum Gasteiger partial charge on any atom is -0.376 e. The van der Waals surface area contributed by atoms with Crippen LogP contribution in [0, 0.1) is 13.8 Å². The number of aryl methyl sites for hydroxylation is 1. The molecule has 1 aromatic heterocycles. The Kier molecular flexibility index (Phi) is 6.29. The Morgan fingerprint density at radius 1 is 1.31 bits per heavy atom. The van der Waals surface area contributed by atoms with Crippen molar-refractivity contribution in [2.24, 2.45) is 5.73 Å². The number of carbonyl (C=O) groups excluding carboxylic acids is 3. The van der Waals surface area contributed by atoms with E-state index in [0.717, 1.165) is 30.7 Å². The van der Waals surface area contributed by atoms with Crippen molar-refractivity contribution in [2.75, 3.05) is 13.2 Å². The number of amides is 2. The number of primary amides is 1. The second-order valence-electron chi connectivity index (χ2n) is 7.17. The van der Waals surface area contributed by atoms with E-state index in [2.05, 4.69) is 10.3 Å². The average Bonchev–Trinajstić information content (AvgIpc) is 3.32. The Labute approximate surface area is 169 Å². The van der Waals surface area contributed by atoms with E-state index < -0.39 is 5.91 Å². The standard InChI is InChI=1S/C22H25N3O4/c1-13-19(10-17(12-26)15-5-3-6-16(9-15)21(23)27)25-14(2)20(13)22(28)24-11-18-7-4-8-29-18/h3,5-6,9-10,12,18,25H,4,7-8,11H2,1-2H3,(H2,23,27)(H,24,28)/b17-10+. The SMILES string of the molecule is Cc1[nH]c(/C=C(\C=O)c2cccc(C(N)=O)c2)c(C)c1C(=O)NCC1CCCO1. The molecule has 0 spiro atoms. The van der Waals surface area contributed by atoms with E-state index in [1.165, 1.54) is 0 Å². The van der Waals surface area contributed by atoms with E-state index in [0.29, 0.717) is 40.8 Å². The molecule has 1 unspecified atom stereocenters. The zero-order valence-corrected chi connectivity index (χ0v) is 16.6. The van der Waals surface area contributed by atoms with Gasteiger partial charge in [-0.1, -0.05) is 12.1 Å². The summed E-state index contributed by atoms with van der Waals surface area (Å²) in [5.41, 5.74) is 9.29. The van der Waals surface area contributed by atoms with Crippen molar-refractivity contribution in [2.45, 2.75) is 32.8 Å². The third-order valence-electron chi connectivity index (χ3n) is 5.12. The van der Waals surface area contributed by atoms with E-state index in [9.17, 15) is 14.4 Å². The summed E-state index contributed by atoms with van der Waals surface area (Å²) in [4.78, 5) is 38.9. The predicted octanol–water partition coefficient (Wildman–Crippen LogP) is 2.38. The van der Waals surface area contributed by atoms with E-state index in [4.69, 9.17) is 10.5 Å². The van der Waals surface area contributed by atoms with Crippen molar-refractivity contribution in [3.05, 3.63) is 57.9 Å². The molecule has 152 valence electrons. The van der Waals surface area contributed by atoms with Crippen LogP contribution < -0.4 is 11.1 Å². The Hall–Kier alpha value is -3.19. The zero-order valence-electron chi connectivity index (χ0n) is 16.6. The Morgan fingerprint density at radius 3 is 2.72 bits per heavy atom. The summed E-state index contributed by atoms with van der Waals surface area (Å²) in [6.45, 7) is 4.87. The molecule has 0 saturated carbocycles. The number of hydrogen-bond acceptors (Lipinski definition) is 4. The van der Waals surface area contributed by atoms with Crippen molar-refractivity contribution >= 4 is 29.7 Å². The number of aromatic amines is 1. The molecule has 2 heterocycles. The highest BCUT2D eigenvalue weighted by molar-refractivity contribution is 6.14. The maximum Gasteiger partial charge on any atom is 0.253 e. The molecule has 1 saturated heterocycles. The second kappa shape index (κ2) is 8.87. The van der Waals surface area contributed by atoms with Crippen molar-refractivity contribution in [1.29, 1.82) is 0 Å². The van der Waals surface area contributed by atoms with Crippen LogP contribution in [0.25, 0.3) is 11.6 Å². The number of ether oxygens (including phenoxy) is 1. The predicted molar refractivity (Wildman–Crippen MR) is 110 cm³/mol. The first-order chi connectivity index (χ1) is 13.9. The number of nitrogens with one attached hydrogen (secondary N) is 2. The molecule has 2 aromatic rings. The van der Waals surface area contributed by atoms with Gasteiger partial charge in [-0.15, -0.1) is 0 Å². The highest BCUT2D eigenvalue weighted by Gasteiger charge is 2.21. The fourth-order valence-corrected chi connectivity index (χ4v) is 3.55. The summed E-state index contributed by atoms with van der Waals surface area (Å²) in [7, 11) is 0. The Bertz CT molecular complexity index is 968. The summed E-state index contributed by atoms with van der Waals surface area (Å²) in [6.07, 6.45) is 4.42. The number of allylic oxidation sites excluding steroid dienone is 1. The highest BCUT2D eigenvalue weighted by atomic mass is 16.5. The van der Waals surface area contributed by atoms with E-state index in [-0.39, 0.29) is 12.0 Å². The topological polar surface area (TPSA) is 114 Å². The van der Waals surface area contributed by atoms with Gasteiger partial charge in [-0.25, -0.2) is 0 Å². The zero-order chi connectivity index (χ0) is 21.0. The van der Waals surface area contributed by atoms with E-state index >= 15 is 0 Å². The molecule has 7 heteroatoms. The Balaban J connectivity index is 1.85. The van der Waals surface area contributed by atoms with Gasteiger partial charge in [0.1, 0.15) is 0 Å². The molecule has 0 aliphatic carbocycles. The molecule has 1 aliphatic rings. The molecule has 3 rings (SSSR count). The van der Waals surface area contributed by atoms with Crippen LogP contribution in [0.15, 0.2) is 24.3 Å². The van der Waals surface area contributed by atoms with Crippen LogP contribution in [-0.4, -0.2) is 42.3 Å². The molecule has 1 atom stereocenters. The number of H-pyrrole nitrogens is 1. The van der Waals surface area contributed by atoms with Crippen LogP contribution in [0.5, 0.6) is 0 Å². The molecule has 0 radical (unpaired) electrons. The number of carbonyl (C=O) groups is 3. The van der Waals surface area contributed by atoms with Gasteiger partial charge in [-0.2, -0.15) is 0 Å². The number of nitrogens with two attached hydrogens (primary N) is 1. The van der Waals surface area contributed by atoms with Crippen LogP contribution >= 0.6 is 0 Å². The molecular formula is C22H25N3O4. The third kappa shape index (κ3) is 4.63. The normalized spacial score (nSPS) is 16.6. The number of hydrogen-bond donors (Lipinski definition) is 3. The lowest BCUT2D eigenvalue weighted by Gasteiger charge is -2.11. The maximum absolute atomic E-state index is 12.7. The highest BCUT2D eigenvalue weighted by Crippen LogP contribution is 2.23.